The van der Waals surface area contributed by atoms with Crippen LogP contribution in [0.25, 0.3) is 0 Å². The zero-order chi connectivity index (χ0) is 21.9. The molecule has 3 rings (SSSR count). The highest BCUT2D eigenvalue weighted by atomic mass is 19.4. The molecule has 11 heteroatoms. The molecule has 1 saturated heterocycles. The summed E-state index contributed by atoms with van der Waals surface area (Å²) in [4.78, 5) is 20.1. The van der Waals surface area contributed by atoms with Crippen LogP contribution in [0.4, 0.5) is 35.0 Å². The first kappa shape index (κ1) is 21.8. The predicted octanol–water partition coefficient (Wildman–Crippen LogP) is 3.65. The summed E-state index contributed by atoms with van der Waals surface area (Å²) in [7, 11) is 0. The van der Waals surface area contributed by atoms with Gasteiger partial charge in [-0.05, 0) is 31.5 Å². The first-order valence-corrected chi connectivity index (χ1v) is 9.29. The number of alkyl halides is 3. The summed E-state index contributed by atoms with van der Waals surface area (Å²) in [5.41, 5.74) is 0.238. The minimum atomic E-state index is -4.60. The number of carbonyl (C=O) groups excluding carboxylic acids is 1. The van der Waals surface area contributed by atoms with Crippen molar-refractivity contribution >= 4 is 23.9 Å². The molecule has 0 spiro atoms. The highest BCUT2D eigenvalue weighted by Crippen LogP contribution is 2.34. The van der Waals surface area contributed by atoms with Crippen LogP contribution in [-0.4, -0.2) is 47.5 Å². The fourth-order valence-electron chi connectivity index (χ4n) is 3.11. The van der Waals surface area contributed by atoms with Crippen LogP contribution in [0.1, 0.15) is 29.7 Å². The topological polar surface area (TPSA) is 79.4 Å². The number of benzene rings is 1. The van der Waals surface area contributed by atoms with Gasteiger partial charge < -0.3 is 20.3 Å². The molecule has 1 aliphatic rings. The number of halogens is 4. The van der Waals surface area contributed by atoms with Crippen LogP contribution < -0.4 is 10.6 Å². The fraction of sp³-hybridized carbons (Fsp3) is 0.421. The molecule has 1 amide bonds. The molecular weight excluding hydrogens is 406 g/mol. The average Bonchev–Trinajstić information content (AvgIpc) is 2.70. The number of aryl methyl sites for hydroxylation is 1. The molecule has 7 nitrogen and oxygen atoms in total. The number of nitrogens with zero attached hydrogens (tertiary/aromatic N) is 3. The van der Waals surface area contributed by atoms with Crippen LogP contribution >= 0.6 is 0 Å². The lowest BCUT2D eigenvalue weighted by atomic mass is 10.0. The molecule has 0 radical (unpaired) electrons. The first-order chi connectivity index (χ1) is 14.2. The molecule has 1 aliphatic heterocycles. The minimum absolute atomic E-state index is 0.102. The van der Waals surface area contributed by atoms with Crippen molar-refractivity contribution in [1.29, 1.82) is 0 Å². The molecule has 162 valence electrons. The van der Waals surface area contributed by atoms with Crippen molar-refractivity contribution < 1.29 is 27.1 Å². The largest absolute Gasteiger partial charge is 0.421 e. The van der Waals surface area contributed by atoms with Crippen molar-refractivity contribution in [1.82, 2.24) is 14.9 Å². The molecule has 1 aromatic heterocycles. The second-order valence-electron chi connectivity index (χ2n) is 6.76. The number of morpholine rings is 1. The number of amides is 1. The van der Waals surface area contributed by atoms with Crippen LogP contribution in [0.2, 0.25) is 0 Å². The predicted molar refractivity (Wildman–Crippen MR) is 102 cm³/mol. The summed E-state index contributed by atoms with van der Waals surface area (Å²) in [5, 5.41) is 5.33. The maximum Gasteiger partial charge on any atom is 0.421 e. The number of nitrogens with one attached hydrogen (secondary N) is 2. The Kier molecular flexibility index (Phi) is 6.40. The van der Waals surface area contributed by atoms with Gasteiger partial charge >= 0.3 is 6.18 Å². The van der Waals surface area contributed by atoms with E-state index in [-0.39, 0.29) is 24.9 Å². The third kappa shape index (κ3) is 4.78. The smallest absolute Gasteiger partial charge is 0.370 e. The lowest BCUT2D eigenvalue weighted by Crippen LogP contribution is -2.37. The van der Waals surface area contributed by atoms with E-state index in [1.54, 1.807) is 19.9 Å². The summed E-state index contributed by atoms with van der Waals surface area (Å²) >= 11 is 0. The molecule has 2 heterocycles. The van der Waals surface area contributed by atoms with E-state index in [0.29, 0.717) is 42.6 Å². The second kappa shape index (κ2) is 8.82. The van der Waals surface area contributed by atoms with E-state index in [1.807, 2.05) is 0 Å². The third-order valence-electron chi connectivity index (χ3n) is 4.62. The lowest BCUT2D eigenvalue weighted by molar-refractivity contribution is -0.137. The van der Waals surface area contributed by atoms with Crippen LogP contribution in [-0.2, 0) is 15.7 Å². The fourth-order valence-corrected chi connectivity index (χ4v) is 3.11. The van der Waals surface area contributed by atoms with E-state index in [9.17, 15) is 22.4 Å². The van der Waals surface area contributed by atoms with Crippen LogP contribution in [0.5, 0.6) is 0 Å². The Morgan fingerprint density at radius 2 is 2.13 bits per heavy atom. The Morgan fingerprint density at radius 3 is 2.80 bits per heavy atom. The van der Waals surface area contributed by atoms with Gasteiger partial charge in [0.1, 0.15) is 23.3 Å². The quantitative estimate of drug-likeness (QED) is 0.541. The van der Waals surface area contributed by atoms with Crippen molar-refractivity contribution in [3.8, 4) is 0 Å². The summed E-state index contributed by atoms with van der Waals surface area (Å²) in [6, 6.07) is 2.79. The maximum atomic E-state index is 14.7. The SMILES string of the molecule is CCNc1nc(Nc2cc(F)c(C3CN(C=O)CCO3)cc2C)ncc1C(F)(F)F. The maximum absolute atomic E-state index is 14.7. The van der Waals surface area contributed by atoms with Gasteiger partial charge in [0, 0.05) is 30.5 Å². The highest BCUT2D eigenvalue weighted by molar-refractivity contribution is 5.61. The Balaban J connectivity index is 1.86. The second-order valence-corrected chi connectivity index (χ2v) is 6.76. The van der Waals surface area contributed by atoms with Crippen LogP contribution in [0.15, 0.2) is 18.3 Å². The number of rotatable bonds is 6. The third-order valence-corrected chi connectivity index (χ3v) is 4.62. The van der Waals surface area contributed by atoms with E-state index in [2.05, 4.69) is 20.6 Å². The van der Waals surface area contributed by atoms with Gasteiger partial charge in [0.2, 0.25) is 12.4 Å². The number of aromatic nitrogens is 2. The van der Waals surface area contributed by atoms with E-state index < -0.39 is 23.7 Å². The van der Waals surface area contributed by atoms with E-state index in [4.69, 9.17) is 4.74 Å². The van der Waals surface area contributed by atoms with Crippen molar-refractivity contribution in [2.45, 2.75) is 26.1 Å². The van der Waals surface area contributed by atoms with Gasteiger partial charge in [-0.1, -0.05) is 0 Å². The number of hydrogen-bond acceptors (Lipinski definition) is 6. The van der Waals surface area contributed by atoms with Crippen LogP contribution in [0, 0.1) is 12.7 Å². The molecule has 2 aromatic rings. The number of anilines is 3. The number of hydrogen-bond donors (Lipinski definition) is 2. The Morgan fingerprint density at radius 1 is 1.37 bits per heavy atom. The van der Waals surface area contributed by atoms with Gasteiger partial charge in [-0.15, -0.1) is 0 Å². The summed E-state index contributed by atoms with van der Waals surface area (Å²) in [5.74, 6) is -1.03. The van der Waals surface area contributed by atoms with Gasteiger partial charge in [-0.2, -0.15) is 18.2 Å². The zero-order valence-corrected chi connectivity index (χ0v) is 16.4. The standard InChI is InChI=1S/C19H21F4N5O2/c1-3-24-17-13(19(21,22)23)8-25-18(27-17)26-15-7-14(20)12(6-11(15)2)16-9-28(10-29)4-5-30-16/h6-8,10,16H,3-5,9H2,1-2H3,(H2,24,25,26,27). The number of carbonyl (C=O) groups is 1. The Bertz CT molecular complexity index is 923. The molecule has 30 heavy (non-hydrogen) atoms. The molecule has 1 unspecified atom stereocenters. The van der Waals surface area contributed by atoms with Gasteiger partial charge in [-0.3, -0.25) is 4.79 Å². The molecular formula is C19H21F4N5O2. The van der Waals surface area contributed by atoms with Gasteiger partial charge in [-0.25, -0.2) is 9.37 Å². The van der Waals surface area contributed by atoms with Gasteiger partial charge in [0.05, 0.1) is 13.2 Å². The van der Waals surface area contributed by atoms with Crippen molar-refractivity contribution in [3.63, 3.8) is 0 Å². The summed E-state index contributed by atoms with van der Waals surface area (Å²) in [6.45, 7) is 4.57. The van der Waals surface area contributed by atoms with E-state index >= 15 is 0 Å². The highest BCUT2D eigenvalue weighted by Gasteiger charge is 2.35. The summed E-state index contributed by atoms with van der Waals surface area (Å²) in [6.07, 6.45) is -3.83. The first-order valence-electron chi connectivity index (χ1n) is 9.29. The molecule has 1 atom stereocenters. The summed E-state index contributed by atoms with van der Waals surface area (Å²) < 4.78 is 59.6. The Hall–Kier alpha value is -2.95. The minimum Gasteiger partial charge on any atom is -0.370 e. The lowest BCUT2D eigenvalue weighted by Gasteiger charge is -2.31. The number of ether oxygens (including phenoxy) is 1. The molecule has 1 aromatic carbocycles. The van der Waals surface area contributed by atoms with Crippen molar-refractivity contribution in [3.05, 3.63) is 40.8 Å². The molecule has 0 aliphatic carbocycles. The van der Waals surface area contributed by atoms with E-state index in [1.165, 1.54) is 11.0 Å². The molecule has 0 saturated carbocycles. The van der Waals surface area contributed by atoms with Gasteiger partial charge in [0.15, 0.2) is 0 Å². The Labute approximate surface area is 170 Å². The zero-order valence-electron chi connectivity index (χ0n) is 16.4. The normalized spacial score (nSPS) is 17.0. The van der Waals surface area contributed by atoms with Crippen LogP contribution in [0.3, 0.4) is 0 Å². The van der Waals surface area contributed by atoms with Crippen molar-refractivity contribution in [2.75, 3.05) is 36.9 Å². The monoisotopic (exact) mass is 427 g/mol. The average molecular weight is 427 g/mol. The molecule has 0 bridgehead atoms. The van der Waals surface area contributed by atoms with Gasteiger partial charge in [0.25, 0.3) is 0 Å². The van der Waals surface area contributed by atoms with Crippen molar-refractivity contribution in [2.24, 2.45) is 0 Å². The molecule has 2 N–H and O–H groups in total. The van der Waals surface area contributed by atoms with E-state index in [0.717, 1.165) is 0 Å². The molecule has 1 fully saturated rings.